The maximum atomic E-state index is 13.8. The Bertz CT molecular complexity index is 1480. The number of benzene rings is 3. The number of para-hydroxylation sites is 1. The van der Waals surface area contributed by atoms with E-state index < -0.39 is 15.7 Å². The summed E-state index contributed by atoms with van der Waals surface area (Å²) in [4.78, 5) is 30.0. The molecule has 2 heterocycles. The average Bonchev–Trinajstić information content (AvgIpc) is 3.24. The van der Waals surface area contributed by atoms with Gasteiger partial charge in [0.05, 0.1) is 20.7 Å². The number of hydrogen-bond donors (Lipinski definition) is 0. The summed E-state index contributed by atoms with van der Waals surface area (Å²) >= 11 is 11.8. The van der Waals surface area contributed by atoms with Crippen molar-refractivity contribution >= 4 is 50.5 Å². The third kappa shape index (κ3) is 4.93. The zero-order valence-electron chi connectivity index (χ0n) is 20.4. The van der Waals surface area contributed by atoms with Gasteiger partial charge in [-0.2, -0.15) is 0 Å². The predicted octanol–water partition coefficient (Wildman–Crippen LogP) is 5.52. The molecule has 0 bridgehead atoms. The van der Waals surface area contributed by atoms with Crippen LogP contribution in [0.3, 0.4) is 0 Å². The van der Waals surface area contributed by atoms with Crippen molar-refractivity contribution in [2.45, 2.75) is 29.6 Å². The van der Waals surface area contributed by atoms with Crippen LogP contribution >= 0.6 is 23.2 Å². The molecule has 0 N–H and O–H groups in total. The third-order valence-corrected chi connectivity index (χ3v) is 9.74. The lowest BCUT2D eigenvalue weighted by molar-refractivity contribution is -0.118. The van der Waals surface area contributed by atoms with E-state index in [9.17, 15) is 22.4 Å². The van der Waals surface area contributed by atoms with Gasteiger partial charge in [-0.1, -0.05) is 59.6 Å². The van der Waals surface area contributed by atoms with E-state index >= 15 is 0 Å². The summed E-state index contributed by atoms with van der Waals surface area (Å²) in [6.45, 7) is 1.29. The molecule has 1 fully saturated rings. The molecule has 0 aliphatic carbocycles. The Morgan fingerprint density at radius 3 is 2.18 bits per heavy atom. The lowest BCUT2D eigenvalue weighted by Crippen LogP contribution is -2.48. The summed E-state index contributed by atoms with van der Waals surface area (Å²) in [6.07, 6.45) is 1.10. The van der Waals surface area contributed by atoms with E-state index in [2.05, 4.69) is 0 Å². The first kappa shape index (κ1) is 26.7. The number of carbonyl (C=O) groups excluding carboxylic acids is 2. The molecule has 38 heavy (non-hydrogen) atoms. The van der Waals surface area contributed by atoms with Crippen LogP contribution in [0.25, 0.3) is 0 Å². The van der Waals surface area contributed by atoms with Crippen LogP contribution in [-0.2, 0) is 20.0 Å². The van der Waals surface area contributed by atoms with Gasteiger partial charge in [-0.25, -0.2) is 12.8 Å². The van der Waals surface area contributed by atoms with Crippen molar-refractivity contribution < 1.29 is 22.4 Å². The number of rotatable bonds is 5. The molecule has 5 rings (SSSR count). The van der Waals surface area contributed by atoms with Crippen LogP contribution in [0, 0.1) is 5.82 Å². The smallest absolute Gasteiger partial charge is 0.253 e. The lowest BCUT2D eigenvalue weighted by atomic mass is 9.74. The Morgan fingerprint density at radius 2 is 1.53 bits per heavy atom. The molecule has 3 aromatic rings. The topological polar surface area (TPSA) is 74.8 Å². The van der Waals surface area contributed by atoms with Crippen LogP contribution in [0.4, 0.5) is 10.1 Å². The van der Waals surface area contributed by atoms with Crippen LogP contribution in [0.2, 0.25) is 10.0 Å². The first-order chi connectivity index (χ1) is 18.1. The first-order valence-corrected chi connectivity index (χ1v) is 14.6. The van der Waals surface area contributed by atoms with E-state index in [0.717, 1.165) is 11.3 Å². The Kier molecular flexibility index (Phi) is 7.24. The largest absolute Gasteiger partial charge is 0.339 e. The van der Waals surface area contributed by atoms with E-state index in [0.29, 0.717) is 32.5 Å². The Morgan fingerprint density at radius 1 is 0.921 bits per heavy atom. The molecule has 10 heteroatoms. The number of amides is 2. The normalized spacial score (nSPS) is 16.5. The van der Waals surface area contributed by atoms with Gasteiger partial charge in [0.25, 0.3) is 5.91 Å². The lowest BCUT2D eigenvalue weighted by Gasteiger charge is -2.40. The molecular weight excluding hydrogens is 550 g/mol. The van der Waals surface area contributed by atoms with Crippen LogP contribution in [0.1, 0.15) is 35.2 Å². The van der Waals surface area contributed by atoms with Crippen molar-refractivity contribution in [3.05, 3.63) is 93.7 Å². The van der Waals surface area contributed by atoms with Gasteiger partial charge in [0.2, 0.25) is 5.91 Å². The first-order valence-electron chi connectivity index (χ1n) is 12.2. The molecule has 2 amide bonds. The molecule has 0 atom stereocenters. The Balaban J connectivity index is 1.30. The maximum Gasteiger partial charge on any atom is 0.253 e. The summed E-state index contributed by atoms with van der Waals surface area (Å²) in [5, 5.41) is -0.412. The number of sulfone groups is 1. The highest BCUT2D eigenvalue weighted by Gasteiger charge is 2.46. The molecule has 0 aromatic heterocycles. The van der Waals surface area contributed by atoms with E-state index in [1.165, 1.54) is 24.3 Å². The fourth-order valence-corrected chi connectivity index (χ4v) is 7.12. The number of carbonyl (C=O) groups is 2. The summed E-state index contributed by atoms with van der Waals surface area (Å²) < 4.78 is 39.3. The number of likely N-dealkylation sites (tertiary alicyclic amines) is 1. The second-order valence-electron chi connectivity index (χ2n) is 9.71. The van der Waals surface area contributed by atoms with E-state index in [4.69, 9.17) is 23.2 Å². The highest BCUT2D eigenvalue weighted by molar-refractivity contribution is 7.91. The Labute approximate surface area is 230 Å². The van der Waals surface area contributed by atoms with Crippen LogP contribution in [0.15, 0.2) is 71.6 Å². The molecule has 6 nitrogen and oxygen atoms in total. The molecule has 198 valence electrons. The van der Waals surface area contributed by atoms with E-state index in [1.807, 2.05) is 24.3 Å². The second-order valence-corrected chi connectivity index (χ2v) is 12.6. The fraction of sp³-hybridized carbons (Fsp3) is 0.286. The molecule has 2 aliphatic heterocycles. The van der Waals surface area contributed by atoms with Crippen LogP contribution < -0.4 is 4.90 Å². The summed E-state index contributed by atoms with van der Waals surface area (Å²) in [5.74, 6) is -1.56. The van der Waals surface area contributed by atoms with Gasteiger partial charge in [0, 0.05) is 42.7 Å². The van der Waals surface area contributed by atoms with Crippen molar-refractivity contribution in [1.29, 1.82) is 0 Å². The number of fused-ring (bicyclic) bond motifs is 2. The molecule has 0 unspecified atom stereocenters. The Hall–Kier alpha value is -2.94. The zero-order chi connectivity index (χ0) is 27.1. The quantitative estimate of drug-likeness (QED) is 0.376. The molecule has 1 saturated heterocycles. The number of hydrogen-bond acceptors (Lipinski definition) is 4. The van der Waals surface area contributed by atoms with Gasteiger partial charge >= 0.3 is 0 Å². The number of piperidine rings is 1. The highest BCUT2D eigenvalue weighted by Crippen LogP contribution is 2.47. The van der Waals surface area contributed by atoms with Crippen molar-refractivity contribution in [3.63, 3.8) is 0 Å². The van der Waals surface area contributed by atoms with Crippen molar-refractivity contribution in [1.82, 2.24) is 4.90 Å². The van der Waals surface area contributed by atoms with Gasteiger partial charge in [-0.05, 0) is 48.7 Å². The van der Waals surface area contributed by atoms with E-state index in [-0.39, 0.29) is 49.9 Å². The standard InChI is InChI=1S/C28H25Cl2FN2O4S/c29-22-16-19(17-23(30)26(22)31)27(35)32-13-11-28(12-14-32)18-33(24-9-5-4-8-21(24)28)25(34)10-15-38(36,37)20-6-2-1-3-7-20/h1-9,16-17H,10-15,18H2. The summed E-state index contributed by atoms with van der Waals surface area (Å²) in [6, 6.07) is 18.4. The minimum Gasteiger partial charge on any atom is -0.339 e. The minimum atomic E-state index is -3.58. The van der Waals surface area contributed by atoms with Gasteiger partial charge < -0.3 is 9.80 Å². The molecule has 2 aliphatic rings. The molecular formula is C28H25Cl2FN2O4S. The van der Waals surface area contributed by atoms with Crippen molar-refractivity contribution in [2.24, 2.45) is 0 Å². The fourth-order valence-electron chi connectivity index (χ4n) is 5.38. The summed E-state index contributed by atoms with van der Waals surface area (Å²) in [7, 11) is -3.58. The van der Waals surface area contributed by atoms with Crippen molar-refractivity contribution in [3.8, 4) is 0 Å². The zero-order valence-corrected chi connectivity index (χ0v) is 22.7. The molecule has 3 aromatic carbocycles. The summed E-state index contributed by atoms with van der Waals surface area (Å²) in [5.41, 5.74) is 1.69. The third-order valence-electron chi connectivity index (χ3n) is 7.45. The highest BCUT2D eigenvalue weighted by atomic mass is 35.5. The van der Waals surface area contributed by atoms with E-state index in [1.54, 1.807) is 28.0 Å². The van der Waals surface area contributed by atoms with Gasteiger partial charge in [-0.15, -0.1) is 0 Å². The van der Waals surface area contributed by atoms with Crippen LogP contribution in [-0.4, -0.2) is 50.5 Å². The average molecular weight is 575 g/mol. The van der Waals surface area contributed by atoms with Gasteiger partial charge in [0.15, 0.2) is 15.7 Å². The second kappa shape index (κ2) is 10.3. The molecule has 0 radical (unpaired) electrons. The number of halogens is 3. The molecule has 0 saturated carbocycles. The number of anilines is 1. The monoisotopic (exact) mass is 574 g/mol. The van der Waals surface area contributed by atoms with Crippen LogP contribution in [0.5, 0.6) is 0 Å². The SMILES string of the molecule is O=C(c1cc(Cl)c(F)c(Cl)c1)N1CCC2(CC1)CN(C(=O)CCS(=O)(=O)c1ccccc1)c1ccccc12. The van der Waals surface area contributed by atoms with Gasteiger partial charge in [0.1, 0.15) is 0 Å². The van der Waals surface area contributed by atoms with Crippen molar-refractivity contribution in [2.75, 3.05) is 30.3 Å². The maximum absolute atomic E-state index is 13.8. The minimum absolute atomic E-state index is 0.127. The number of nitrogens with zero attached hydrogens (tertiary/aromatic N) is 2. The van der Waals surface area contributed by atoms with Gasteiger partial charge in [-0.3, -0.25) is 9.59 Å². The predicted molar refractivity (Wildman–Crippen MR) is 145 cm³/mol. The molecule has 1 spiro atoms.